The average Bonchev–Trinajstić information content (AvgIpc) is 2.65. The molecule has 0 spiro atoms. The van der Waals surface area contributed by atoms with Crippen molar-refractivity contribution in [2.24, 2.45) is 7.05 Å². The van der Waals surface area contributed by atoms with Crippen molar-refractivity contribution in [1.29, 1.82) is 0 Å². The van der Waals surface area contributed by atoms with Crippen molar-refractivity contribution < 1.29 is 14.3 Å². The predicted molar refractivity (Wildman–Crippen MR) is 89.1 cm³/mol. The zero-order valence-corrected chi connectivity index (χ0v) is 14.1. The van der Waals surface area contributed by atoms with E-state index in [2.05, 4.69) is 15.0 Å². The maximum atomic E-state index is 12.4. The zero-order chi connectivity index (χ0) is 17.8. The second-order valence-electron chi connectivity index (χ2n) is 5.47. The fraction of sp³-hybridized carbons (Fsp3) is 0.438. The predicted octanol–water partition coefficient (Wildman–Crippen LogP) is 0.00560. The molecule has 3 heterocycles. The number of rotatable bonds is 4. The molecule has 9 nitrogen and oxygen atoms in total. The fourth-order valence-electron chi connectivity index (χ4n) is 2.63. The summed E-state index contributed by atoms with van der Waals surface area (Å²) in [7, 11) is 1.62. The summed E-state index contributed by atoms with van der Waals surface area (Å²) in [5.41, 5.74) is 0.720. The van der Waals surface area contributed by atoms with E-state index in [0.717, 1.165) is 0 Å². The van der Waals surface area contributed by atoms with Crippen LogP contribution in [0.1, 0.15) is 6.92 Å². The van der Waals surface area contributed by atoms with Crippen LogP contribution in [0.25, 0.3) is 11.4 Å². The lowest BCUT2D eigenvalue weighted by molar-refractivity contribution is -0.147. The number of anilines is 1. The Labute approximate surface area is 144 Å². The molecule has 0 bridgehead atoms. The Morgan fingerprint density at radius 2 is 2.28 bits per heavy atom. The first kappa shape index (κ1) is 17.0. The minimum atomic E-state index is -0.646. The van der Waals surface area contributed by atoms with E-state index in [1.54, 1.807) is 31.1 Å². The van der Waals surface area contributed by atoms with E-state index >= 15 is 0 Å². The zero-order valence-electron chi connectivity index (χ0n) is 14.1. The van der Waals surface area contributed by atoms with Crippen LogP contribution < -0.4 is 10.5 Å². The van der Waals surface area contributed by atoms with Crippen LogP contribution in [0.15, 0.2) is 29.5 Å². The first-order valence-electron chi connectivity index (χ1n) is 7.97. The minimum absolute atomic E-state index is 0.187. The molecule has 1 fully saturated rings. The minimum Gasteiger partial charge on any atom is -0.464 e. The molecule has 0 radical (unpaired) electrons. The number of esters is 1. The Hall–Kier alpha value is -2.81. The first-order chi connectivity index (χ1) is 12.1. The van der Waals surface area contributed by atoms with Gasteiger partial charge in [0.1, 0.15) is 6.33 Å². The molecule has 2 aromatic heterocycles. The van der Waals surface area contributed by atoms with Crippen LogP contribution >= 0.6 is 0 Å². The Morgan fingerprint density at radius 1 is 1.44 bits per heavy atom. The molecule has 132 valence electrons. The summed E-state index contributed by atoms with van der Waals surface area (Å²) in [6.45, 7) is 3.07. The maximum absolute atomic E-state index is 12.4. The van der Waals surface area contributed by atoms with Gasteiger partial charge in [0.05, 0.1) is 31.2 Å². The molecular formula is C16H19N5O4. The standard InChI is InChI=1S/C16H19N5O4/c1-3-25-15(23)13-9-24-7-6-21(13)16-19-12(8-14(22)20(16)2)11-4-5-17-10-18-11/h4-5,8,10,13H,3,6-7,9H2,1-2H3. The number of carbonyl (C=O) groups excluding carboxylic acids is 1. The second kappa shape index (κ2) is 7.39. The second-order valence-corrected chi connectivity index (χ2v) is 5.47. The molecule has 1 saturated heterocycles. The third kappa shape index (κ3) is 3.50. The summed E-state index contributed by atoms with van der Waals surface area (Å²) in [6, 6.07) is 2.44. The highest BCUT2D eigenvalue weighted by molar-refractivity contribution is 5.80. The molecular weight excluding hydrogens is 326 g/mol. The number of morpholine rings is 1. The summed E-state index contributed by atoms with van der Waals surface area (Å²) in [5, 5.41) is 0. The van der Waals surface area contributed by atoms with Gasteiger partial charge in [-0.3, -0.25) is 9.36 Å². The van der Waals surface area contributed by atoms with Gasteiger partial charge in [0.25, 0.3) is 5.56 Å². The van der Waals surface area contributed by atoms with Gasteiger partial charge in [-0.15, -0.1) is 0 Å². The number of nitrogens with zero attached hydrogens (tertiary/aromatic N) is 5. The third-order valence-electron chi connectivity index (χ3n) is 3.90. The molecule has 0 saturated carbocycles. The van der Waals surface area contributed by atoms with Gasteiger partial charge in [0.2, 0.25) is 5.95 Å². The molecule has 0 aromatic carbocycles. The van der Waals surface area contributed by atoms with E-state index in [9.17, 15) is 9.59 Å². The average molecular weight is 345 g/mol. The van der Waals surface area contributed by atoms with Crippen molar-refractivity contribution in [1.82, 2.24) is 19.5 Å². The Bertz CT molecular complexity index is 808. The van der Waals surface area contributed by atoms with Crippen LogP contribution in [0.4, 0.5) is 5.95 Å². The van der Waals surface area contributed by atoms with Crippen LogP contribution in [0.5, 0.6) is 0 Å². The highest BCUT2D eigenvalue weighted by Gasteiger charge is 2.33. The van der Waals surface area contributed by atoms with E-state index in [1.165, 1.54) is 17.0 Å². The van der Waals surface area contributed by atoms with Crippen LogP contribution in [0.3, 0.4) is 0 Å². The molecule has 1 aliphatic heterocycles. The van der Waals surface area contributed by atoms with Gasteiger partial charge in [0, 0.05) is 25.9 Å². The van der Waals surface area contributed by atoms with E-state index < -0.39 is 12.0 Å². The summed E-state index contributed by atoms with van der Waals surface area (Å²) >= 11 is 0. The normalized spacial score (nSPS) is 17.4. The van der Waals surface area contributed by atoms with E-state index in [4.69, 9.17) is 9.47 Å². The topological polar surface area (TPSA) is 99.4 Å². The smallest absolute Gasteiger partial charge is 0.331 e. The van der Waals surface area contributed by atoms with E-state index in [-0.39, 0.29) is 18.8 Å². The molecule has 2 aromatic rings. The molecule has 0 amide bonds. The van der Waals surface area contributed by atoms with Crippen LogP contribution in [-0.2, 0) is 21.3 Å². The molecule has 0 aliphatic carbocycles. The van der Waals surface area contributed by atoms with Gasteiger partial charge < -0.3 is 14.4 Å². The summed E-state index contributed by atoms with van der Waals surface area (Å²) in [4.78, 5) is 38.9. The van der Waals surface area contributed by atoms with Crippen molar-refractivity contribution in [3.8, 4) is 11.4 Å². The quantitative estimate of drug-likeness (QED) is 0.714. The highest BCUT2D eigenvalue weighted by Crippen LogP contribution is 2.20. The third-order valence-corrected chi connectivity index (χ3v) is 3.90. The molecule has 25 heavy (non-hydrogen) atoms. The lowest BCUT2D eigenvalue weighted by Gasteiger charge is -2.35. The maximum Gasteiger partial charge on any atom is 0.331 e. The van der Waals surface area contributed by atoms with Gasteiger partial charge in [-0.2, -0.15) is 0 Å². The molecule has 9 heteroatoms. The lowest BCUT2D eigenvalue weighted by atomic mass is 10.2. The fourth-order valence-corrected chi connectivity index (χ4v) is 2.63. The van der Waals surface area contributed by atoms with Crippen LogP contribution in [0.2, 0.25) is 0 Å². The summed E-state index contributed by atoms with van der Waals surface area (Å²) in [5.74, 6) is -0.0219. The summed E-state index contributed by atoms with van der Waals surface area (Å²) < 4.78 is 11.9. The van der Waals surface area contributed by atoms with Gasteiger partial charge in [0.15, 0.2) is 6.04 Å². The molecule has 1 aliphatic rings. The van der Waals surface area contributed by atoms with Gasteiger partial charge in [-0.25, -0.2) is 19.7 Å². The summed E-state index contributed by atoms with van der Waals surface area (Å²) in [6.07, 6.45) is 2.97. The Kier molecular flexibility index (Phi) is 5.03. The monoisotopic (exact) mass is 345 g/mol. The van der Waals surface area contributed by atoms with Crippen molar-refractivity contribution in [2.75, 3.05) is 31.3 Å². The SMILES string of the molecule is CCOC(=O)C1COCCN1c1nc(-c2ccncn2)cc(=O)n1C. The highest BCUT2D eigenvalue weighted by atomic mass is 16.5. The van der Waals surface area contributed by atoms with Crippen LogP contribution in [-0.4, -0.2) is 57.9 Å². The molecule has 3 rings (SSSR count). The van der Waals surface area contributed by atoms with Gasteiger partial charge in [-0.05, 0) is 13.0 Å². The van der Waals surface area contributed by atoms with Crippen LogP contribution in [0, 0.1) is 0 Å². The Balaban J connectivity index is 2.04. The molecule has 1 atom stereocenters. The number of hydrogen-bond acceptors (Lipinski definition) is 8. The van der Waals surface area contributed by atoms with Crippen molar-refractivity contribution in [2.45, 2.75) is 13.0 Å². The van der Waals surface area contributed by atoms with E-state index in [1.807, 2.05) is 0 Å². The number of hydrogen-bond donors (Lipinski definition) is 0. The van der Waals surface area contributed by atoms with E-state index in [0.29, 0.717) is 30.5 Å². The number of carbonyl (C=O) groups is 1. The number of ether oxygens (including phenoxy) is 2. The first-order valence-corrected chi connectivity index (χ1v) is 7.97. The lowest BCUT2D eigenvalue weighted by Crippen LogP contribution is -2.52. The molecule has 0 N–H and O–H groups in total. The van der Waals surface area contributed by atoms with Crippen molar-refractivity contribution in [3.05, 3.63) is 35.0 Å². The Morgan fingerprint density at radius 3 is 3.00 bits per heavy atom. The van der Waals surface area contributed by atoms with Gasteiger partial charge in [-0.1, -0.05) is 0 Å². The van der Waals surface area contributed by atoms with Crippen molar-refractivity contribution >= 4 is 11.9 Å². The van der Waals surface area contributed by atoms with Crippen molar-refractivity contribution in [3.63, 3.8) is 0 Å². The number of aromatic nitrogens is 4. The van der Waals surface area contributed by atoms with Gasteiger partial charge >= 0.3 is 5.97 Å². The molecule has 1 unspecified atom stereocenters. The largest absolute Gasteiger partial charge is 0.464 e.